The maximum atomic E-state index is 13.5. The fourth-order valence-electron chi connectivity index (χ4n) is 3.65. The van der Waals surface area contributed by atoms with E-state index in [4.69, 9.17) is 16.3 Å². The molecule has 0 unspecified atom stereocenters. The highest BCUT2D eigenvalue weighted by molar-refractivity contribution is 7.89. The first kappa shape index (κ1) is 22.0. The van der Waals surface area contributed by atoms with Crippen LogP contribution in [0, 0.1) is 5.82 Å². The van der Waals surface area contributed by atoms with Gasteiger partial charge in [-0.3, -0.25) is 0 Å². The van der Waals surface area contributed by atoms with Crippen molar-refractivity contribution in [1.29, 1.82) is 0 Å². The van der Waals surface area contributed by atoms with Crippen LogP contribution in [0.3, 0.4) is 0 Å². The molecule has 0 saturated carbocycles. The van der Waals surface area contributed by atoms with Gasteiger partial charge in [0.05, 0.1) is 34.2 Å². The average molecular weight is 464 g/mol. The van der Waals surface area contributed by atoms with Crippen molar-refractivity contribution < 1.29 is 17.5 Å². The molecule has 9 heteroatoms. The van der Waals surface area contributed by atoms with Crippen LogP contribution in [0.1, 0.15) is 24.7 Å². The maximum absolute atomic E-state index is 13.5. The summed E-state index contributed by atoms with van der Waals surface area (Å²) in [6.45, 7) is 4.14. The summed E-state index contributed by atoms with van der Waals surface area (Å²) >= 11 is 6.57. The Labute approximate surface area is 186 Å². The van der Waals surface area contributed by atoms with Gasteiger partial charge in [-0.2, -0.15) is 4.31 Å². The van der Waals surface area contributed by atoms with Gasteiger partial charge in [0, 0.05) is 19.6 Å². The molecule has 1 fully saturated rings. The van der Waals surface area contributed by atoms with E-state index in [2.05, 4.69) is 4.98 Å². The van der Waals surface area contributed by atoms with Crippen LogP contribution in [0.5, 0.6) is 0 Å². The van der Waals surface area contributed by atoms with Crippen LogP contribution in [0.4, 0.5) is 4.39 Å². The standard InChI is InChI=1S/C22H23ClFN3O3S/c1-2-8-27-21-7-6-18(31(28,29)26-9-11-30-12-10-26)15-20(21)25-22(27)19(23)14-16-4-3-5-17(24)13-16/h3-7,13-15H,2,8-12H2,1H3/b19-14-. The van der Waals surface area contributed by atoms with E-state index in [0.717, 1.165) is 11.9 Å². The number of halogens is 2. The number of hydrogen-bond donors (Lipinski definition) is 0. The minimum Gasteiger partial charge on any atom is -0.379 e. The molecule has 1 aliphatic heterocycles. The molecule has 164 valence electrons. The van der Waals surface area contributed by atoms with Crippen molar-refractivity contribution >= 4 is 43.8 Å². The van der Waals surface area contributed by atoms with E-state index in [1.807, 2.05) is 11.5 Å². The molecule has 0 atom stereocenters. The highest BCUT2D eigenvalue weighted by atomic mass is 35.5. The molecule has 1 aromatic heterocycles. The Morgan fingerprint density at radius 3 is 2.71 bits per heavy atom. The first-order chi connectivity index (χ1) is 14.9. The van der Waals surface area contributed by atoms with Crippen LogP contribution in [0.25, 0.3) is 22.1 Å². The number of aromatic nitrogens is 2. The van der Waals surface area contributed by atoms with Gasteiger partial charge in [0.25, 0.3) is 0 Å². The molecular weight excluding hydrogens is 441 g/mol. The van der Waals surface area contributed by atoms with E-state index >= 15 is 0 Å². The second kappa shape index (κ2) is 9.08. The van der Waals surface area contributed by atoms with Gasteiger partial charge in [-0.25, -0.2) is 17.8 Å². The Kier molecular flexibility index (Phi) is 6.43. The average Bonchev–Trinajstić information content (AvgIpc) is 3.13. The van der Waals surface area contributed by atoms with E-state index in [0.29, 0.717) is 54.8 Å². The predicted octanol–water partition coefficient (Wildman–Crippen LogP) is 4.34. The van der Waals surface area contributed by atoms with Gasteiger partial charge in [0.1, 0.15) is 5.82 Å². The van der Waals surface area contributed by atoms with E-state index in [9.17, 15) is 12.8 Å². The quantitative estimate of drug-likeness (QED) is 0.545. The Morgan fingerprint density at radius 2 is 2.00 bits per heavy atom. The molecule has 0 spiro atoms. The molecule has 4 rings (SSSR count). The lowest BCUT2D eigenvalue weighted by Gasteiger charge is -2.26. The van der Waals surface area contributed by atoms with Gasteiger partial charge in [0.2, 0.25) is 10.0 Å². The van der Waals surface area contributed by atoms with Gasteiger partial charge >= 0.3 is 0 Å². The number of hydrogen-bond acceptors (Lipinski definition) is 4. The smallest absolute Gasteiger partial charge is 0.243 e. The molecule has 3 aromatic rings. The number of morpholine rings is 1. The zero-order valence-electron chi connectivity index (χ0n) is 17.1. The number of ether oxygens (including phenoxy) is 1. The monoisotopic (exact) mass is 463 g/mol. The zero-order chi connectivity index (χ0) is 22.0. The van der Waals surface area contributed by atoms with Gasteiger partial charge in [0.15, 0.2) is 5.82 Å². The number of fused-ring (bicyclic) bond motifs is 1. The summed E-state index contributed by atoms with van der Waals surface area (Å²) in [7, 11) is -3.63. The lowest BCUT2D eigenvalue weighted by molar-refractivity contribution is 0.0730. The number of sulfonamides is 1. The summed E-state index contributed by atoms with van der Waals surface area (Å²) in [5.41, 5.74) is 1.96. The summed E-state index contributed by atoms with van der Waals surface area (Å²) < 4.78 is 48.2. The summed E-state index contributed by atoms with van der Waals surface area (Å²) in [6.07, 6.45) is 2.50. The fraction of sp³-hybridized carbons (Fsp3) is 0.318. The third-order valence-corrected chi connectivity index (χ3v) is 7.30. The van der Waals surface area contributed by atoms with Crippen LogP contribution in [-0.4, -0.2) is 48.6 Å². The summed E-state index contributed by atoms with van der Waals surface area (Å²) in [6, 6.07) is 11.1. The summed E-state index contributed by atoms with van der Waals surface area (Å²) in [5, 5.41) is 0.354. The van der Waals surface area contributed by atoms with E-state index in [1.165, 1.54) is 16.4 Å². The Balaban J connectivity index is 1.77. The van der Waals surface area contributed by atoms with Crippen LogP contribution < -0.4 is 0 Å². The molecule has 0 aliphatic carbocycles. The fourth-order valence-corrected chi connectivity index (χ4v) is 5.34. The third-order valence-electron chi connectivity index (χ3n) is 5.13. The zero-order valence-corrected chi connectivity index (χ0v) is 18.7. The molecule has 31 heavy (non-hydrogen) atoms. The van der Waals surface area contributed by atoms with Crippen molar-refractivity contribution in [1.82, 2.24) is 13.9 Å². The van der Waals surface area contributed by atoms with E-state index in [-0.39, 0.29) is 10.7 Å². The number of rotatable bonds is 6. The van der Waals surface area contributed by atoms with E-state index < -0.39 is 10.0 Å². The first-order valence-electron chi connectivity index (χ1n) is 10.1. The second-order valence-corrected chi connectivity index (χ2v) is 9.65. The molecule has 2 aromatic carbocycles. The number of benzene rings is 2. The minimum atomic E-state index is -3.63. The van der Waals surface area contributed by atoms with Crippen LogP contribution in [0.2, 0.25) is 0 Å². The van der Waals surface area contributed by atoms with Crippen molar-refractivity contribution in [2.75, 3.05) is 26.3 Å². The molecule has 0 amide bonds. The number of nitrogens with zero attached hydrogens (tertiary/aromatic N) is 3. The lowest BCUT2D eigenvalue weighted by Crippen LogP contribution is -2.40. The molecule has 6 nitrogen and oxygen atoms in total. The Morgan fingerprint density at radius 1 is 1.23 bits per heavy atom. The van der Waals surface area contributed by atoms with Crippen molar-refractivity contribution in [2.24, 2.45) is 0 Å². The lowest BCUT2D eigenvalue weighted by atomic mass is 10.2. The normalized spacial score (nSPS) is 16.2. The molecule has 1 aliphatic rings. The van der Waals surface area contributed by atoms with Crippen LogP contribution >= 0.6 is 11.6 Å². The highest BCUT2D eigenvalue weighted by Gasteiger charge is 2.27. The Bertz CT molecular complexity index is 1230. The second-order valence-electron chi connectivity index (χ2n) is 7.30. The van der Waals surface area contributed by atoms with Gasteiger partial charge < -0.3 is 9.30 Å². The Hall–Kier alpha value is -2.26. The summed E-state index contributed by atoms with van der Waals surface area (Å²) in [4.78, 5) is 4.82. The first-order valence-corrected chi connectivity index (χ1v) is 11.9. The minimum absolute atomic E-state index is 0.194. The van der Waals surface area contributed by atoms with Gasteiger partial charge in [-0.1, -0.05) is 30.7 Å². The number of imidazole rings is 1. The predicted molar refractivity (Wildman–Crippen MR) is 120 cm³/mol. The van der Waals surface area contributed by atoms with Crippen molar-refractivity contribution in [3.8, 4) is 0 Å². The van der Waals surface area contributed by atoms with Crippen molar-refractivity contribution in [3.05, 3.63) is 59.7 Å². The summed E-state index contributed by atoms with van der Waals surface area (Å²) in [5.74, 6) is 0.168. The van der Waals surface area contributed by atoms with Crippen LogP contribution in [-0.2, 0) is 21.3 Å². The molecule has 2 heterocycles. The molecule has 0 radical (unpaired) electrons. The topological polar surface area (TPSA) is 64.4 Å². The molecule has 0 bridgehead atoms. The van der Waals surface area contributed by atoms with Crippen molar-refractivity contribution in [3.63, 3.8) is 0 Å². The largest absolute Gasteiger partial charge is 0.379 e. The van der Waals surface area contributed by atoms with Crippen LogP contribution in [0.15, 0.2) is 47.4 Å². The third kappa shape index (κ3) is 4.52. The van der Waals surface area contributed by atoms with Crippen molar-refractivity contribution in [2.45, 2.75) is 24.8 Å². The maximum Gasteiger partial charge on any atom is 0.243 e. The molecular formula is C22H23ClFN3O3S. The van der Waals surface area contributed by atoms with Gasteiger partial charge in [-0.05, 0) is 48.4 Å². The highest BCUT2D eigenvalue weighted by Crippen LogP contribution is 2.29. The molecule has 0 N–H and O–H groups in total. The van der Waals surface area contributed by atoms with E-state index in [1.54, 1.807) is 36.4 Å². The SMILES string of the molecule is CCCn1c(/C(Cl)=C/c2cccc(F)c2)nc2cc(S(=O)(=O)N3CCOCC3)ccc21. The number of aryl methyl sites for hydroxylation is 1. The molecule has 1 saturated heterocycles. The van der Waals surface area contributed by atoms with Gasteiger partial charge in [-0.15, -0.1) is 0 Å².